The molecule has 0 spiro atoms. The Hall–Kier alpha value is -0.830. The molecule has 0 fully saturated rings. The molecule has 3 nitrogen and oxygen atoms in total. The van der Waals surface area contributed by atoms with Crippen LogP contribution in [0.1, 0.15) is 70.8 Å². The molecule has 19 heavy (non-hydrogen) atoms. The minimum absolute atomic E-state index is 0.455. The lowest BCUT2D eigenvalue weighted by atomic mass is 10.0. The summed E-state index contributed by atoms with van der Waals surface area (Å²) in [5.41, 5.74) is 2.54. The molecule has 1 unspecified atom stereocenters. The van der Waals surface area contributed by atoms with Crippen LogP contribution in [0.4, 0.5) is 0 Å². The van der Waals surface area contributed by atoms with Crippen LogP contribution in [-0.2, 0) is 13.5 Å². The number of nitrogens with one attached hydrogen (secondary N) is 1. The van der Waals surface area contributed by atoms with Gasteiger partial charge in [-0.2, -0.15) is 5.10 Å². The van der Waals surface area contributed by atoms with Crippen molar-refractivity contribution in [3.05, 3.63) is 17.5 Å². The molecule has 1 atom stereocenters. The van der Waals surface area contributed by atoms with E-state index in [9.17, 15) is 0 Å². The maximum absolute atomic E-state index is 4.58. The standard InChI is InChI=1S/C16H31N3/c1-6-11-17-15(10-8-9-13(3)4)16-12-14(7-2)18-19(16)5/h12-13,15,17H,6-11H2,1-5H3. The summed E-state index contributed by atoms with van der Waals surface area (Å²) in [6.07, 6.45) is 5.99. The minimum Gasteiger partial charge on any atom is -0.309 e. The van der Waals surface area contributed by atoms with Crippen LogP contribution in [0.15, 0.2) is 6.07 Å². The molecule has 0 aliphatic rings. The lowest BCUT2D eigenvalue weighted by Crippen LogP contribution is -2.24. The van der Waals surface area contributed by atoms with Gasteiger partial charge in [0, 0.05) is 13.1 Å². The SMILES string of the molecule is CCCNC(CCCC(C)C)c1cc(CC)nn1C. The minimum atomic E-state index is 0.455. The molecule has 110 valence electrons. The van der Waals surface area contributed by atoms with E-state index < -0.39 is 0 Å². The average molecular weight is 265 g/mol. The van der Waals surface area contributed by atoms with E-state index >= 15 is 0 Å². The number of aromatic nitrogens is 2. The van der Waals surface area contributed by atoms with E-state index in [0.29, 0.717) is 6.04 Å². The predicted octanol–water partition coefficient (Wildman–Crippen LogP) is 3.85. The molecule has 0 bridgehead atoms. The average Bonchev–Trinajstić information content (AvgIpc) is 2.74. The van der Waals surface area contributed by atoms with Gasteiger partial charge in [-0.1, -0.05) is 40.5 Å². The normalized spacial score (nSPS) is 13.2. The van der Waals surface area contributed by atoms with Crippen LogP contribution < -0.4 is 5.32 Å². The molecule has 0 aliphatic heterocycles. The van der Waals surface area contributed by atoms with E-state index in [-0.39, 0.29) is 0 Å². The molecule has 0 saturated carbocycles. The van der Waals surface area contributed by atoms with Crippen molar-refractivity contribution in [3.63, 3.8) is 0 Å². The van der Waals surface area contributed by atoms with Crippen molar-refractivity contribution in [1.29, 1.82) is 0 Å². The number of hydrogen-bond acceptors (Lipinski definition) is 2. The van der Waals surface area contributed by atoms with Crippen molar-refractivity contribution in [2.75, 3.05) is 6.54 Å². The van der Waals surface area contributed by atoms with Crippen molar-refractivity contribution in [2.24, 2.45) is 13.0 Å². The number of rotatable bonds is 9. The second kappa shape index (κ2) is 8.36. The third kappa shape index (κ3) is 5.35. The van der Waals surface area contributed by atoms with E-state index in [1.807, 2.05) is 0 Å². The third-order valence-electron chi connectivity index (χ3n) is 3.60. The highest BCUT2D eigenvalue weighted by molar-refractivity contribution is 5.14. The number of aryl methyl sites for hydroxylation is 2. The van der Waals surface area contributed by atoms with E-state index in [1.165, 1.54) is 37.1 Å². The van der Waals surface area contributed by atoms with E-state index in [0.717, 1.165) is 18.9 Å². The van der Waals surface area contributed by atoms with Gasteiger partial charge in [0.1, 0.15) is 0 Å². The second-order valence-electron chi connectivity index (χ2n) is 5.87. The van der Waals surface area contributed by atoms with E-state index in [1.54, 1.807) is 0 Å². The highest BCUT2D eigenvalue weighted by Crippen LogP contribution is 2.21. The Labute approximate surface area is 118 Å². The molecular weight excluding hydrogens is 234 g/mol. The fraction of sp³-hybridized carbons (Fsp3) is 0.812. The molecule has 0 radical (unpaired) electrons. The molecule has 3 heteroatoms. The van der Waals surface area contributed by atoms with Gasteiger partial charge in [-0.3, -0.25) is 4.68 Å². The van der Waals surface area contributed by atoms with E-state index in [2.05, 4.69) is 55.9 Å². The van der Waals surface area contributed by atoms with Crippen LogP contribution in [0.5, 0.6) is 0 Å². The molecule has 0 amide bonds. The predicted molar refractivity (Wildman–Crippen MR) is 82.3 cm³/mol. The first-order valence-corrected chi connectivity index (χ1v) is 7.84. The molecule has 1 aromatic heterocycles. The van der Waals surface area contributed by atoms with Gasteiger partial charge in [-0.25, -0.2) is 0 Å². The Morgan fingerprint density at radius 3 is 2.53 bits per heavy atom. The molecule has 1 rings (SSSR count). The van der Waals surface area contributed by atoms with Crippen molar-refractivity contribution >= 4 is 0 Å². The molecule has 1 aromatic rings. The first-order valence-electron chi connectivity index (χ1n) is 7.84. The lowest BCUT2D eigenvalue weighted by molar-refractivity contribution is 0.429. The van der Waals surface area contributed by atoms with Crippen LogP contribution in [0.2, 0.25) is 0 Å². The summed E-state index contributed by atoms with van der Waals surface area (Å²) in [5.74, 6) is 0.796. The highest BCUT2D eigenvalue weighted by atomic mass is 15.3. The summed E-state index contributed by atoms with van der Waals surface area (Å²) in [6, 6.07) is 2.72. The first kappa shape index (κ1) is 16.2. The summed E-state index contributed by atoms with van der Waals surface area (Å²) in [7, 11) is 2.07. The topological polar surface area (TPSA) is 29.9 Å². The fourth-order valence-corrected chi connectivity index (χ4v) is 2.45. The quantitative estimate of drug-likeness (QED) is 0.735. The molecule has 0 aliphatic carbocycles. The Morgan fingerprint density at radius 1 is 1.26 bits per heavy atom. The third-order valence-corrected chi connectivity index (χ3v) is 3.60. The van der Waals surface area contributed by atoms with Gasteiger partial charge >= 0.3 is 0 Å². The number of nitrogens with zero attached hydrogens (tertiary/aromatic N) is 2. The van der Waals surface area contributed by atoms with Crippen molar-refractivity contribution in [3.8, 4) is 0 Å². The van der Waals surface area contributed by atoms with Gasteiger partial charge in [0.05, 0.1) is 11.4 Å². The highest BCUT2D eigenvalue weighted by Gasteiger charge is 2.15. The van der Waals surface area contributed by atoms with Gasteiger partial charge in [-0.15, -0.1) is 0 Å². The zero-order valence-electron chi connectivity index (χ0n) is 13.4. The monoisotopic (exact) mass is 265 g/mol. The van der Waals surface area contributed by atoms with Crippen molar-refractivity contribution in [2.45, 2.75) is 65.8 Å². The lowest BCUT2D eigenvalue weighted by Gasteiger charge is -2.19. The maximum Gasteiger partial charge on any atom is 0.0625 e. The van der Waals surface area contributed by atoms with Gasteiger partial charge in [0.25, 0.3) is 0 Å². The van der Waals surface area contributed by atoms with Crippen LogP contribution in [0, 0.1) is 5.92 Å². The van der Waals surface area contributed by atoms with Crippen LogP contribution in [0.25, 0.3) is 0 Å². The van der Waals surface area contributed by atoms with Gasteiger partial charge in [-0.05, 0) is 37.8 Å². The summed E-state index contributed by atoms with van der Waals surface area (Å²) in [4.78, 5) is 0. The van der Waals surface area contributed by atoms with Gasteiger partial charge in [0.15, 0.2) is 0 Å². The zero-order valence-corrected chi connectivity index (χ0v) is 13.4. The molecule has 0 saturated heterocycles. The summed E-state index contributed by atoms with van der Waals surface area (Å²) in [6.45, 7) is 10.1. The van der Waals surface area contributed by atoms with Gasteiger partial charge in [0.2, 0.25) is 0 Å². The molecular formula is C16H31N3. The van der Waals surface area contributed by atoms with Crippen molar-refractivity contribution < 1.29 is 0 Å². The Bertz CT molecular complexity index is 355. The molecule has 0 aromatic carbocycles. The van der Waals surface area contributed by atoms with Crippen molar-refractivity contribution in [1.82, 2.24) is 15.1 Å². The van der Waals surface area contributed by atoms with Crippen LogP contribution in [-0.4, -0.2) is 16.3 Å². The Balaban J connectivity index is 2.68. The zero-order chi connectivity index (χ0) is 14.3. The van der Waals surface area contributed by atoms with Crippen LogP contribution in [0.3, 0.4) is 0 Å². The largest absolute Gasteiger partial charge is 0.309 e. The molecule has 1 N–H and O–H groups in total. The summed E-state index contributed by atoms with van der Waals surface area (Å²) < 4.78 is 2.06. The first-order chi connectivity index (χ1) is 9.08. The molecule has 1 heterocycles. The summed E-state index contributed by atoms with van der Waals surface area (Å²) in [5, 5.41) is 8.25. The van der Waals surface area contributed by atoms with Gasteiger partial charge < -0.3 is 5.32 Å². The fourth-order valence-electron chi connectivity index (χ4n) is 2.45. The Kier molecular flexibility index (Phi) is 7.14. The number of hydrogen-bond donors (Lipinski definition) is 1. The van der Waals surface area contributed by atoms with E-state index in [4.69, 9.17) is 0 Å². The maximum atomic E-state index is 4.58. The summed E-state index contributed by atoms with van der Waals surface area (Å²) >= 11 is 0. The van der Waals surface area contributed by atoms with Crippen LogP contribution >= 0.6 is 0 Å². The smallest absolute Gasteiger partial charge is 0.0625 e. The second-order valence-corrected chi connectivity index (χ2v) is 5.87. The Morgan fingerprint density at radius 2 is 2.00 bits per heavy atom.